The summed E-state index contributed by atoms with van der Waals surface area (Å²) in [6, 6.07) is 5.12. The van der Waals surface area contributed by atoms with Gasteiger partial charge in [0.15, 0.2) is 5.65 Å². The lowest BCUT2D eigenvalue weighted by Crippen LogP contribution is -2.17. The van der Waals surface area contributed by atoms with Gasteiger partial charge in [-0.25, -0.2) is 9.78 Å². The molecule has 0 fully saturated rings. The van der Waals surface area contributed by atoms with Crippen molar-refractivity contribution in [3.05, 3.63) is 51.3 Å². The van der Waals surface area contributed by atoms with Gasteiger partial charge in [0.2, 0.25) is 0 Å². The van der Waals surface area contributed by atoms with E-state index >= 15 is 0 Å². The van der Waals surface area contributed by atoms with Crippen LogP contribution in [-0.2, 0) is 0 Å². The SMILES string of the molecule is O=c1[nH]cnc2c(-c3ccc(Cl)cc3Cl)cnn12. The molecule has 0 radical (unpaired) electrons. The molecule has 0 aliphatic heterocycles. The molecule has 18 heavy (non-hydrogen) atoms. The van der Waals surface area contributed by atoms with Crippen LogP contribution in [0.2, 0.25) is 10.0 Å². The lowest BCUT2D eigenvalue weighted by molar-refractivity contribution is 0.840. The van der Waals surface area contributed by atoms with Crippen molar-refractivity contribution in [2.45, 2.75) is 0 Å². The molecule has 0 saturated heterocycles. The number of hydrogen-bond donors (Lipinski definition) is 1. The highest BCUT2D eigenvalue weighted by molar-refractivity contribution is 6.36. The Morgan fingerprint density at radius 1 is 1.22 bits per heavy atom. The summed E-state index contributed by atoms with van der Waals surface area (Å²) < 4.78 is 1.18. The highest BCUT2D eigenvalue weighted by Crippen LogP contribution is 2.31. The standard InChI is InChI=1S/C11H6Cl2N4O/c12-6-1-2-7(9(13)3-6)8-4-16-17-10(8)14-5-15-11(17)18/h1-5H,(H,14,15,18). The maximum Gasteiger partial charge on any atom is 0.349 e. The summed E-state index contributed by atoms with van der Waals surface area (Å²) in [7, 11) is 0. The van der Waals surface area contributed by atoms with Crippen molar-refractivity contribution < 1.29 is 0 Å². The summed E-state index contributed by atoms with van der Waals surface area (Å²) in [5, 5.41) is 5.01. The number of aromatic nitrogens is 4. The molecule has 0 spiro atoms. The van der Waals surface area contributed by atoms with Gasteiger partial charge in [-0.1, -0.05) is 29.3 Å². The lowest BCUT2D eigenvalue weighted by Gasteiger charge is -2.02. The average Bonchev–Trinajstić information content (AvgIpc) is 2.74. The average molecular weight is 281 g/mol. The first kappa shape index (κ1) is 11.3. The molecule has 0 bridgehead atoms. The van der Waals surface area contributed by atoms with E-state index in [0.717, 1.165) is 5.56 Å². The second kappa shape index (κ2) is 4.12. The zero-order chi connectivity index (χ0) is 12.7. The zero-order valence-electron chi connectivity index (χ0n) is 8.89. The zero-order valence-corrected chi connectivity index (χ0v) is 10.4. The third-order valence-corrected chi connectivity index (χ3v) is 3.08. The molecule has 5 nitrogen and oxygen atoms in total. The highest BCUT2D eigenvalue weighted by atomic mass is 35.5. The maximum absolute atomic E-state index is 11.5. The largest absolute Gasteiger partial charge is 0.349 e. The topological polar surface area (TPSA) is 63.0 Å². The van der Waals surface area contributed by atoms with Crippen molar-refractivity contribution in [2.24, 2.45) is 0 Å². The minimum Gasteiger partial charge on any atom is -0.296 e. The van der Waals surface area contributed by atoms with Crippen LogP contribution in [0.3, 0.4) is 0 Å². The third-order valence-electron chi connectivity index (χ3n) is 2.53. The first-order chi connectivity index (χ1) is 8.66. The van der Waals surface area contributed by atoms with Crippen molar-refractivity contribution in [3.8, 4) is 11.1 Å². The molecule has 90 valence electrons. The van der Waals surface area contributed by atoms with Gasteiger partial charge in [0, 0.05) is 16.1 Å². The van der Waals surface area contributed by atoms with Crippen molar-refractivity contribution in [1.82, 2.24) is 19.6 Å². The van der Waals surface area contributed by atoms with Gasteiger partial charge in [0.05, 0.1) is 17.5 Å². The van der Waals surface area contributed by atoms with E-state index in [0.29, 0.717) is 21.3 Å². The van der Waals surface area contributed by atoms with E-state index in [1.807, 2.05) is 0 Å². The summed E-state index contributed by atoms with van der Waals surface area (Å²) in [5.74, 6) is 0. The number of H-pyrrole nitrogens is 1. The van der Waals surface area contributed by atoms with Crippen LogP contribution < -0.4 is 5.69 Å². The van der Waals surface area contributed by atoms with Gasteiger partial charge in [-0.05, 0) is 12.1 Å². The van der Waals surface area contributed by atoms with Crippen molar-refractivity contribution in [2.75, 3.05) is 0 Å². The molecule has 3 rings (SSSR count). The lowest BCUT2D eigenvalue weighted by atomic mass is 10.1. The smallest absolute Gasteiger partial charge is 0.296 e. The Hall–Kier alpha value is -1.85. The first-order valence-electron chi connectivity index (χ1n) is 5.03. The van der Waals surface area contributed by atoms with Crippen LogP contribution in [0.25, 0.3) is 16.8 Å². The van der Waals surface area contributed by atoms with Gasteiger partial charge < -0.3 is 0 Å². The Labute approximate surface area is 111 Å². The fourth-order valence-corrected chi connectivity index (χ4v) is 2.23. The van der Waals surface area contributed by atoms with Crippen LogP contribution in [0, 0.1) is 0 Å². The molecule has 2 aromatic heterocycles. The molecule has 7 heteroatoms. The monoisotopic (exact) mass is 280 g/mol. The summed E-state index contributed by atoms with van der Waals surface area (Å²) in [5.41, 5.74) is 1.51. The number of aromatic amines is 1. The van der Waals surface area contributed by atoms with E-state index in [1.54, 1.807) is 24.4 Å². The van der Waals surface area contributed by atoms with Gasteiger partial charge in [0.1, 0.15) is 0 Å². The first-order valence-corrected chi connectivity index (χ1v) is 5.79. The number of fused-ring (bicyclic) bond motifs is 1. The molecule has 1 N–H and O–H groups in total. The van der Waals surface area contributed by atoms with Crippen molar-refractivity contribution in [1.29, 1.82) is 0 Å². The number of hydrogen-bond acceptors (Lipinski definition) is 3. The van der Waals surface area contributed by atoms with Crippen LogP contribution in [0.15, 0.2) is 35.5 Å². The van der Waals surface area contributed by atoms with Gasteiger partial charge in [-0.2, -0.15) is 9.61 Å². The van der Waals surface area contributed by atoms with Gasteiger partial charge in [-0.15, -0.1) is 0 Å². The van der Waals surface area contributed by atoms with Crippen LogP contribution in [0.5, 0.6) is 0 Å². The van der Waals surface area contributed by atoms with E-state index in [9.17, 15) is 4.79 Å². The molecule has 0 saturated carbocycles. The maximum atomic E-state index is 11.5. The molecule has 0 atom stereocenters. The fourth-order valence-electron chi connectivity index (χ4n) is 1.72. The van der Waals surface area contributed by atoms with Gasteiger partial charge in [-0.3, -0.25) is 4.98 Å². The van der Waals surface area contributed by atoms with Gasteiger partial charge >= 0.3 is 5.69 Å². The van der Waals surface area contributed by atoms with E-state index < -0.39 is 0 Å². The Kier molecular flexibility index (Phi) is 2.57. The van der Waals surface area contributed by atoms with E-state index in [4.69, 9.17) is 23.2 Å². The van der Waals surface area contributed by atoms with E-state index in [-0.39, 0.29) is 5.69 Å². The minimum atomic E-state index is -0.351. The molecular weight excluding hydrogens is 275 g/mol. The van der Waals surface area contributed by atoms with Crippen LogP contribution in [0.1, 0.15) is 0 Å². The number of nitrogens with zero attached hydrogens (tertiary/aromatic N) is 3. The van der Waals surface area contributed by atoms with Crippen LogP contribution >= 0.6 is 23.2 Å². The Morgan fingerprint density at radius 2 is 2.06 bits per heavy atom. The Morgan fingerprint density at radius 3 is 2.83 bits per heavy atom. The minimum absolute atomic E-state index is 0.351. The molecule has 0 amide bonds. The predicted molar refractivity (Wildman–Crippen MR) is 69.1 cm³/mol. The van der Waals surface area contributed by atoms with Crippen molar-refractivity contribution >= 4 is 28.8 Å². The fraction of sp³-hybridized carbons (Fsp3) is 0. The molecular formula is C11H6Cl2N4O. The Balaban J connectivity index is 2.32. The number of halogens is 2. The molecule has 0 aliphatic carbocycles. The van der Waals surface area contributed by atoms with Crippen LogP contribution in [0.4, 0.5) is 0 Å². The molecule has 2 heterocycles. The summed E-state index contributed by atoms with van der Waals surface area (Å²) in [6.07, 6.45) is 2.87. The number of rotatable bonds is 1. The van der Waals surface area contributed by atoms with Crippen molar-refractivity contribution in [3.63, 3.8) is 0 Å². The second-order valence-corrected chi connectivity index (χ2v) is 4.47. The molecule has 1 aromatic carbocycles. The van der Waals surface area contributed by atoms with E-state index in [2.05, 4.69) is 15.1 Å². The third kappa shape index (κ3) is 1.68. The normalized spacial score (nSPS) is 11.0. The van der Waals surface area contributed by atoms with Gasteiger partial charge in [0.25, 0.3) is 0 Å². The quantitative estimate of drug-likeness (QED) is 0.745. The summed E-state index contributed by atoms with van der Waals surface area (Å²) >= 11 is 12.0. The number of nitrogens with one attached hydrogen (secondary N) is 1. The molecule has 0 aliphatic rings. The van der Waals surface area contributed by atoms with E-state index in [1.165, 1.54) is 10.8 Å². The summed E-state index contributed by atoms with van der Waals surface area (Å²) in [6.45, 7) is 0. The molecule has 3 aromatic rings. The summed E-state index contributed by atoms with van der Waals surface area (Å²) in [4.78, 5) is 18.1. The highest BCUT2D eigenvalue weighted by Gasteiger charge is 2.12. The molecule has 0 unspecified atom stereocenters. The predicted octanol–water partition coefficient (Wildman–Crippen LogP) is 2.39. The second-order valence-electron chi connectivity index (χ2n) is 3.63. The van der Waals surface area contributed by atoms with Crippen LogP contribution in [-0.4, -0.2) is 19.6 Å². The number of benzene rings is 1. The Bertz CT molecular complexity index is 793.